The highest BCUT2D eigenvalue weighted by Gasteiger charge is 2.60. The first kappa shape index (κ1) is 11.5. The minimum atomic E-state index is -0.188. The molecule has 0 aromatic rings. The number of nitrogens with one attached hydrogen (secondary N) is 1. The van der Waals surface area contributed by atoms with E-state index in [4.69, 9.17) is 4.74 Å². The van der Waals surface area contributed by atoms with Crippen LogP contribution in [0.3, 0.4) is 0 Å². The second-order valence-electron chi connectivity index (χ2n) is 6.00. The van der Waals surface area contributed by atoms with Crippen LogP contribution < -0.4 is 5.32 Å². The predicted octanol–water partition coefficient (Wildman–Crippen LogP) is 1.11. The van der Waals surface area contributed by atoms with E-state index in [1.54, 1.807) is 0 Å². The topological polar surface area (TPSA) is 41.6 Å². The summed E-state index contributed by atoms with van der Waals surface area (Å²) in [4.78, 5) is 14.6. The van der Waals surface area contributed by atoms with Crippen LogP contribution >= 0.6 is 0 Å². The molecule has 1 spiro atoms. The fourth-order valence-corrected chi connectivity index (χ4v) is 3.09. The van der Waals surface area contributed by atoms with Gasteiger partial charge in [-0.15, -0.1) is 0 Å². The van der Waals surface area contributed by atoms with E-state index in [9.17, 15) is 4.79 Å². The third-order valence-electron chi connectivity index (χ3n) is 4.28. The van der Waals surface area contributed by atoms with Crippen LogP contribution in [0.2, 0.25) is 0 Å². The van der Waals surface area contributed by atoms with Crippen molar-refractivity contribution in [1.82, 2.24) is 10.2 Å². The molecule has 2 heterocycles. The summed E-state index contributed by atoms with van der Waals surface area (Å²) in [5.74, 6) is 0.785. The van der Waals surface area contributed by atoms with Crippen LogP contribution in [0.5, 0.6) is 0 Å². The fraction of sp³-hybridized carbons (Fsp3) is 0.923. The molecular weight excluding hydrogens is 216 g/mol. The Bertz CT molecular complexity index is 319. The van der Waals surface area contributed by atoms with E-state index < -0.39 is 0 Å². The van der Waals surface area contributed by atoms with E-state index >= 15 is 0 Å². The Kier molecular flexibility index (Phi) is 2.67. The number of hydrogen-bond acceptors (Lipinski definition) is 3. The maximum absolute atomic E-state index is 12.5. The van der Waals surface area contributed by atoms with Crippen molar-refractivity contribution in [1.29, 1.82) is 0 Å². The molecule has 3 rings (SSSR count). The first-order chi connectivity index (χ1) is 8.14. The van der Waals surface area contributed by atoms with E-state index in [1.165, 1.54) is 0 Å². The molecule has 4 heteroatoms. The minimum absolute atomic E-state index is 0.188. The lowest BCUT2D eigenvalue weighted by molar-refractivity contribution is -0.136. The molecule has 0 bridgehead atoms. The van der Waals surface area contributed by atoms with Crippen LogP contribution in [0.15, 0.2) is 0 Å². The van der Waals surface area contributed by atoms with E-state index in [-0.39, 0.29) is 17.7 Å². The monoisotopic (exact) mass is 238 g/mol. The van der Waals surface area contributed by atoms with Crippen molar-refractivity contribution in [3.8, 4) is 0 Å². The van der Waals surface area contributed by atoms with Gasteiger partial charge in [-0.3, -0.25) is 10.1 Å². The van der Waals surface area contributed by atoms with Gasteiger partial charge in [0.05, 0.1) is 24.4 Å². The van der Waals surface area contributed by atoms with Gasteiger partial charge in [0.15, 0.2) is 0 Å². The van der Waals surface area contributed by atoms with E-state index in [0.717, 1.165) is 32.3 Å². The lowest BCUT2D eigenvalue weighted by Crippen LogP contribution is -2.50. The third kappa shape index (κ3) is 1.78. The highest BCUT2D eigenvalue weighted by Crippen LogP contribution is 2.44. The van der Waals surface area contributed by atoms with Gasteiger partial charge in [0.2, 0.25) is 5.91 Å². The molecule has 0 aromatic carbocycles. The van der Waals surface area contributed by atoms with Crippen LogP contribution in [0, 0.1) is 5.92 Å². The summed E-state index contributed by atoms with van der Waals surface area (Å²) < 4.78 is 5.54. The molecule has 1 aliphatic carbocycles. The second-order valence-corrected chi connectivity index (χ2v) is 6.00. The molecule has 0 radical (unpaired) electrons. The molecule has 0 aromatic heterocycles. The van der Waals surface area contributed by atoms with Gasteiger partial charge in [-0.05, 0) is 31.6 Å². The number of hydrogen-bond donors (Lipinski definition) is 1. The fourth-order valence-electron chi connectivity index (χ4n) is 3.09. The quantitative estimate of drug-likeness (QED) is 0.783. The largest absolute Gasteiger partial charge is 0.379 e. The first-order valence-electron chi connectivity index (χ1n) is 6.82. The van der Waals surface area contributed by atoms with Crippen LogP contribution in [0.25, 0.3) is 0 Å². The number of carbonyl (C=O) groups excluding carboxylic acids is 1. The van der Waals surface area contributed by atoms with Crippen LogP contribution in [0.4, 0.5) is 0 Å². The van der Waals surface area contributed by atoms with Crippen molar-refractivity contribution in [2.24, 2.45) is 5.92 Å². The standard InChI is InChI=1S/C13H22N2O2/c1-9(2)11-14-13(5-6-13)12(16)15(11)10-4-3-7-17-8-10/h9-11,14H,3-8H2,1-2H3. The molecule has 3 fully saturated rings. The molecule has 96 valence electrons. The van der Waals surface area contributed by atoms with Gasteiger partial charge in [0, 0.05) is 6.61 Å². The van der Waals surface area contributed by atoms with Crippen molar-refractivity contribution in [2.75, 3.05) is 13.2 Å². The highest BCUT2D eigenvalue weighted by molar-refractivity contribution is 5.92. The van der Waals surface area contributed by atoms with E-state index in [0.29, 0.717) is 18.4 Å². The minimum Gasteiger partial charge on any atom is -0.379 e. The zero-order chi connectivity index (χ0) is 12.0. The summed E-state index contributed by atoms with van der Waals surface area (Å²) in [5.41, 5.74) is -0.188. The van der Waals surface area contributed by atoms with Gasteiger partial charge in [-0.1, -0.05) is 13.8 Å². The number of nitrogens with zero attached hydrogens (tertiary/aromatic N) is 1. The summed E-state index contributed by atoms with van der Waals surface area (Å²) >= 11 is 0. The Balaban J connectivity index is 1.81. The molecule has 2 aliphatic heterocycles. The van der Waals surface area contributed by atoms with Crippen molar-refractivity contribution < 1.29 is 9.53 Å². The van der Waals surface area contributed by atoms with Gasteiger partial charge in [0.1, 0.15) is 0 Å². The first-order valence-corrected chi connectivity index (χ1v) is 6.82. The summed E-state index contributed by atoms with van der Waals surface area (Å²) in [5, 5.41) is 3.56. The Morgan fingerprint density at radius 1 is 1.47 bits per heavy atom. The van der Waals surface area contributed by atoms with E-state index in [2.05, 4.69) is 24.1 Å². The number of carbonyl (C=O) groups is 1. The van der Waals surface area contributed by atoms with Crippen molar-refractivity contribution in [3.05, 3.63) is 0 Å². The average Bonchev–Trinajstić information content (AvgIpc) is 3.03. The molecule has 3 aliphatic rings. The molecule has 1 N–H and O–H groups in total. The smallest absolute Gasteiger partial charge is 0.244 e. The van der Waals surface area contributed by atoms with Gasteiger partial charge in [-0.25, -0.2) is 0 Å². The zero-order valence-corrected chi connectivity index (χ0v) is 10.7. The molecule has 2 unspecified atom stereocenters. The van der Waals surface area contributed by atoms with Crippen LogP contribution in [0.1, 0.15) is 39.5 Å². The Labute approximate surface area is 103 Å². The maximum atomic E-state index is 12.5. The number of amides is 1. The molecule has 1 saturated carbocycles. The number of rotatable bonds is 2. The molecule has 1 amide bonds. The average molecular weight is 238 g/mol. The summed E-state index contributed by atoms with van der Waals surface area (Å²) in [6.45, 7) is 5.93. The predicted molar refractivity (Wildman–Crippen MR) is 64.4 cm³/mol. The van der Waals surface area contributed by atoms with Crippen LogP contribution in [-0.2, 0) is 9.53 Å². The van der Waals surface area contributed by atoms with Crippen LogP contribution in [-0.4, -0.2) is 41.8 Å². The normalized spacial score (nSPS) is 35.9. The number of ether oxygens (including phenoxy) is 1. The lowest BCUT2D eigenvalue weighted by atomic mass is 10.0. The van der Waals surface area contributed by atoms with Gasteiger partial charge in [0.25, 0.3) is 0 Å². The van der Waals surface area contributed by atoms with Gasteiger partial charge in [-0.2, -0.15) is 0 Å². The Morgan fingerprint density at radius 2 is 2.24 bits per heavy atom. The van der Waals surface area contributed by atoms with Gasteiger partial charge >= 0.3 is 0 Å². The van der Waals surface area contributed by atoms with Crippen molar-refractivity contribution >= 4 is 5.91 Å². The summed E-state index contributed by atoms with van der Waals surface area (Å²) in [7, 11) is 0. The maximum Gasteiger partial charge on any atom is 0.244 e. The lowest BCUT2D eigenvalue weighted by Gasteiger charge is -2.36. The summed E-state index contributed by atoms with van der Waals surface area (Å²) in [6.07, 6.45) is 4.40. The van der Waals surface area contributed by atoms with E-state index in [1.807, 2.05) is 0 Å². The molecule has 17 heavy (non-hydrogen) atoms. The molecule has 4 nitrogen and oxygen atoms in total. The molecule has 2 saturated heterocycles. The Hall–Kier alpha value is -0.610. The van der Waals surface area contributed by atoms with Crippen molar-refractivity contribution in [3.63, 3.8) is 0 Å². The van der Waals surface area contributed by atoms with Crippen molar-refractivity contribution in [2.45, 2.75) is 57.3 Å². The second kappa shape index (κ2) is 3.95. The SMILES string of the molecule is CC(C)C1NC2(CC2)C(=O)N1C1CCCOC1. The third-order valence-corrected chi connectivity index (χ3v) is 4.28. The molecule has 2 atom stereocenters. The zero-order valence-electron chi connectivity index (χ0n) is 10.7. The Morgan fingerprint density at radius 3 is 2.76 bits per heavy atom. The highest BCUT2D eigenvalue weighted by atomic mass is 16.5. The molecular formula is C13H22N2O2. The van der Waals surface area contributed by atoms with Gasteiger partial charge < -0.3 is 9.64 Å². The summed E-state index contributed by atoms with van der Waals surface area (Å²) in [6, 6.07) is 0.288.